The van der Waals surface area contributed by atoms with Crippen LogP contribution in [0.3, 0.4) is 0 Å². The fraction of sp³-hybridized carbons (Fsp3) is 0.357. The highest BCUT2D eigenvalue weighted by Gasteiger charge is 2.38. The lowest BCUT2D eigenvalue weighted by atomic mass is 10.2. The Morgan fingerprint density at radius 2 is 2.26 bits per heavy atom. The minimum atomic E-state index is -0.904. The molecular formula is C14H15N5O3S. The molecule has 4 heterocycles. The van der Waals surface area contributed by atoms with Crippen molar-refractivity contribution in [3.05, 3.63) is 24.7 Å². The number of furan rings is 1. The number of nitrogens with one attached hydrogen (secondary N) is 1. The smallest absolute Gasteiger partial charge is 0.179 e. The fourth-order valence-corrected chi connectivity index (χ4v) is 4.04. The van der Waals surface area contributed by atoms with Gasteiger partial charge in [0.1, 0.15) is 17.8 Å². The average molecular weight is 333 g/mol. The van der Waals surface area contributed by atoms with Crippen LogP contribution >= 0.6 is 11.8 Å². The van der Waals surface area contributed by atoms with Gasteiger partial charge in [-0.3, -0.25) is 4.57 Å². The quantitative estimate of drug-likeness (QED) is 0.654. The summed E-state index contributed by atoms with van der Waals surface area (Å²) in [5, 5.41) is 22.8. The van der Waals surface area contributed by atoms with E-state index in [4.69, 9.17) is 4.42 Å². The Labute approximate surface area is 135 Å². The van der Waals surface area contributed by atoms with Gasteiger partial charge in [0, 0.05) is 12.8 Å². The maximum absolute atomic E-state index is 10.3. The Hall–Kier alpha value is -2.10. The van der Waals surface area contributed by atoms with Gasteiger partial charge in [-0.25, -0.2) is 15.0 Å². The zero-order chi connectivity index (χ0) is 16.0. The molecular weight excluding hydrogens is 318 g/mol. The summed E-state index contributed by atoms with van der Waals surface area (Å²) in [6.45, 7) is 0. The van der Waals surface area contributed by atoms with E-state index < -0.39 is 17.6 Å². The lowest BCUT2D eigenvalue weighted by Gasteiger charge is -2.19. The summed E-state index contributed by atoms with van der Waals surface area (Å²) in [6.07, 6.45) is 1.33. The molecule has 9 heteroatoms. The molecule has 0 bridgehead atoms. The van der Waals surface area contributed by atoms with Crippen LogP contribution in [0.2, 0.25) is 0 Å². The first kappa shape index (κ1) is 14.5. The van der Waals surface area contributed by atoms with Gasteiger partial charge < -0.3 is 19.9 Å². The second-order valence-corrected chi connectivity index (χ2v) is 6.36. The molecule has 8 nitrogen and oxygen atoms in total. The monoisotopic (exact) mass is 333 g/mol. The third kappa shape index (κ3) is 2.19. The summed E-state index contributed by atoms with van der Waals surface area (Å²) in [4.78, 5) is 13.1. The van der Waals surface area contributed by atoms with Crippen molar-refractivity contribution in [3.8, 4) is 11.6 Å². The summed E-state index contributed by atoms with van der Waals surface area (Å²) >= 11 is 1.46. The number of anilines is 1. The molecule has 23 heavy (non-hydrogen) atoms. The van der Waals surface area contributed by atoms with Crippen molar-refractivity contribution in [3.63, 3.8) is 0 Å². The van der Waals surface area contributed by atoms with Crippen LogP contribution in [-0.2, 0) is 0 Å². The maximum atomic E-state index is 10.3. The number of nitrogens with zero attached hydrogens (tertiary/aromatic N) is 4. The molecule has 1 fully saturated rings. The third-order valence-electron chi connectivity index (χ3n) is 3.83. The van der Waals surface area contributed by atoms with E-state index >= 15 is 0 Å². The number of aliphatic hydroxyl groups excluding tert-OH is 2. The van der Waals surface area contributed by atoms with Crippen LogP contribution in [0.25, 0.3) is 22.7 Å². The van der Waals surface area contributed by atoms with Gasteiger partial charge in [-0.15, -0.1) is 11.8 Å². The van der Waals surface area contributed by atoms with Crippen LogP contribution in [0, 0.1) is 0 Å². The van der Waals surface area contributed by atoms with Crippen molar-refractivity contribution in [2.45, 2.75) is 17.6 Å². The van der Waals surface area contributed by atoms with Gasteiger partial charge in [0.05, 0.1) is 12.4 Å². The number of hydrogen-bond donors (Lipinski definition) is 3. The number of imidazole rings is 1. The normalized spacial score (nSPS) is 24.4. The average Bonchev–Trinajstić information content (AvgIpc) is 3.27. The van der Waals surface area contributed by atoms with E-state index in [0.29, 0.717) is 34.3 Å². The van der Waals surface area contributed by atoms with Gasteiger partial charge >= 0.3 is 0 Å². The van der Waals surface area contributed by atoms with Gasteiger partial charge in [0.2, 0.25) is 0 Å². The molecule has 0 unspecified atom stereocenters. The number of thioether (sulfide) groups is 1. The zero-order valence-electron chi connectivity index (χ0n) is 12.2. The minimum absolute atomic E-state index is 0.394. The molecule has 0 amide bonds. The van der Waals surface area contributed by atoms with Gasteiger partial charge in [-0.05, 0) is 12.1 Å². The molecule has 3 aromatic rings. The largest absolute Gasteiger partial charge is 0.461 e. The topological polar surface area (TPSA) is 109 Å². The van der Waals surface area contributed by atoms with Crippen molar-refractivity contribution >= 4 is 28.7 Å². The predicted molar refractivity (Wildman–Crippen MR) is 86.1 cm³/mol. The van der Waals surface area contributed by atoms with Crippen LogP contribution in [-0.4, -0.2) is 54.7 Å². The molecule has 3 N–H and O–H groups in total. The van der Waals surface area contributed by atoms with E-state index in [1.165, 1.54) is 18.1 Å². The summed E-state index contributed by atoms with van der Waals surface area (Å²) in [5.74, 6) is 2.17. The summed E-state index contributed by atoms with van der Waals surface area (Å²) in [7, 11) is 1.76. The highest BCUT2D eigenvalue weighted by Crippen LogP contribution is 2.41. The first-order valence-corrected chi connectivity index (χ1v) is 8.18. The van der Waals surface area contributed by atoms with E-state index in [-0.39, 0.29) is 0 Å². The standard InChI is InChI=1S/C14H15N5O3S/c1-15-11-9-13(17-6-16-11)19(14-10(21)7(20)5-23-14)12(18-9)8-3-2-4-22-8/h2-4,6-7,10,14,20-21H,5H2,1H3,(H,15,16,17)/t7-,10-,14-/m1/s1. The number of rotatable bonds is 3. The fourth-order valence-electron chi connectivity index (χ4n) is 2.72. The summed E-state index contributed by atoms with van der Waals surface area (Å²) < 4.78 is 7.29. The molecule has 1 saturated heterocycles. The molecule has 0 saturated carbocycles. The molecule has 0 spiro atoms. The van der Waals surface area contributed by atoms with E-state index in [1.807, 2.05) is 4.57 Å². The number of fused-ring (bicyclic) bond motifs is 1. The molecule has 0 aromatic carbocycles. The van der Waals surface area contributed by atoms with Crippen LogP contribution < -0.4 is 5.32 Å². The van der Waals surface area contributed by atoms with Gasteiger partial charge in [-0.2, -0.15) is 0 Å². The van der Waals surface area contributed by atoms with Gasteiger partial charge in [-0.1, -0.05) is 0 Å². The van der Waals surface area contributed by atoms with Crippen molar-refractivity contribution in [2.75, 3.05) is 18.1 Å². The van der Waals surface area contributed by atoms with Gasteiger partial charge in [0.15, 0.2) is 28.6 Å². The van der Waals surface area contributed by atoms with Gasteiger partial charge in [0.25, 0.3) is 0 Å². The highest BCUT2D eigenvalue weighted by molar-refractivity contribution is 7.99. The molecule has 1 aliphatic heterocycles. The summed E-state index contributed by atoms with van der Waals surface area (Å²) in [6, 6.07) is 3.57. The highest BCUT2D eigenvalue weighted by atomic mass is 32.2. The first-order chi connectivity index (χ1) is 11.2. The molecule has 3 aromatic heterocycles. The van der Waals surface area contributed by atoms with E-state index in [9.17, 15) is 10.2 Å². The second-order valence-electron chi connectivity index (χ2n) is 5.21. The molecule has 0 aliphatic carbocycles. The van der Waals surface area contributed by atoms with Crippen molar-refractivity contribution in [1.82, 2.24) is 19.5 Å². The maximum Gasteiger partial charge on any atom is 0.179 e. The predicted octanol–water partition coefficient (Wildman–Crippen LogP) is 1.10. The molecule has 0 radical (unpaired) electrons. The number of hydrogen-bond acceptors (Lipinski definition) is 8. The van der Waals surface area contributed by atoms with Crippen molar-refractivity contribution in [2.24, 2.45) is 0 Å². The SMILES string of the molecule is CNc1ncnc2c1nc(-c1ccco1)n2[C@@H]1SC[C@@H](O)[C@H]1O. The minimum Gasteiger partial charge on any atom is -0.461 e. The van der Waals surface area contributed by atoms with Crippen LogP contribution in [0.15, 0.2) is 29.1 Å². The van der Waals surface area contributed by atoms with E-state index in [2.05, 4.69) is 20.3 Å². The lowest BCUT2D eigenvalue weighted by Crippen LogP contribution is -2.28. The van der Waals surface area contributed by atoms with Crippen LogP contribution in [0.1, 0.15) is 5.37 Å². The Bertz CT molecular complexity index is 834. The molecule has 3 atom stereocenters. The Morgan fingerprint density at radius 3 is 2.91 bits per heavy atom. The molecule has 4 rings (SSSR count). The van der Waals surface area contributed by atoms with E-state index in [0.717, 1.165) is 0 Å². The number of aromatic nitrogens is 4. The van der Waals surface area contributed by atoms with Crippen molar-refractivity contribution in [1.29, 1.82) is 0 Å². The number of aliphatic hydroxyl groups is 2. The lowest BCUT2D eigenvalue weighted by molar-refractivity contribution is 0.0316. The Kier molecular flexibility index (Phi) is 3.47. The van der Waals surface area contributed by atoms with E-state index in [1.54, 1.807) is 25.4 Å². The first-order valence-electron chi connectivity index (χ1n) is 7.13. The third-order valence-corrected chi connectivity index (χ3v) is 5.20. The zero-order valence-corrected chi connectivity index (χ0v) is 13.1. The Morgan fingerprint density at radius 1 is 1.39 bits per heavy atom. The Balaban J connectivity index is 1.98. The van der Waals surface area contributed by atoms with Crippen LogP contribution in [0.4, 0.5) is 5.82 Å². The molecule has 1 aliphatic rings. The molecule has 120 valence electrons. The summed E-state index contributed by atoms with van der Waals surface area (Å²) in [5.41, 5.74) is 1.18. The van der Waals surface area contributed by atoms with Crippen molar-refractivity contribution < 1.29 is 14.6 Å². The second kappa shape index (κ2) is 5.52. The van der Waals surface area contributed by atoms with Crippen LogP contribution in [0.5, 0.6) is 0 Å².